The number of carbonyl (C=O) groups is 2. The van der Waals surface area contributed by atoms with Crippen molar-refractivity contribution >= 4 is 11.8 Å². The molecule has 0 aromatic heterocycles. The van der Waals surface area contributed by atoms with Crippen molar-refractivity contribution in [2.45, 2.75) is 32.7 Å². The molecule has 0 saturated heterocycles. The Morgan fingerprint density at radius 3 is 2.50 bits per heavy atom. The number of nitrogens with one attached hydrogen (secondary N) is 2. The van der Waals surface area contributed by atoms with Gasteiger partial charge in [0.1, 0.15) is 17.1 Å². The maximum Gasteiger partial charge on any atom is 0.258 e. The van der Waals surface area contributed by atoms with Crippen molar-refractivity contribution in [3.63, 3.8) is 0 Å². The Hall–Kier alpha value is -2.11. The maximum absolute atomic E-state index is 13.4. The normalized spacial score (nSPS) is 11.0. The number of hydrogen-bond donors (Lipinski definition) is 3. The first-order valence-electron chi connectivity index (χ1n) is 6.27. The zero-order chi connectivity index (χ0) is 15.3. The summed E-state index contributed by atoms with van der Waals surface area (Å²) >= 11 is 0. The molecule has 0 fully saturated rings. The van der Waals surface area contributed by atoms with E-state index in [1.165, 1.54) is 12.1 Å². The highest BCUT2D eigenvalue weighted by molar-refractivity contribution is 5.97. The van der Waals surface area contributed by atoms with E-state index in [0.717, 1.165) is 6.07 Å². The quantitative estimate of drug-likeness (QED) is 0.784. The summed E-state index contributed by atoms with van der Waals surface area (Å²) in [4.78, 5) is 23.2. The van der Waals surface area contributed by atoms with Crippen LogP contribution in [-0.4, -0.2) is 29.0 Å². The number of halogens is 1. The molecular formula is C14H19FN2O3. The van der Waals surface area contributed by atoms with Gasteiger partial charge >= 0.3 is 0 Å². The van der Waals surface area contributed by atoms with E-state index in [-0.39, 0.29) is 24.4 Å². The summed E-state index contributed by atoms with van der Waals surface area (Å²) in [5.41, 5.74) is -0.756. The Morgan fingerprint density at radius 2 is 1.95 bits per heavy atom. The van der Waals surface area contributed by atoms with Gasteiger partial charge in [-0.3, -0.25) is 9.59 Å². The summed E-state index contributed by atoms with van der Waals surface area (Å²) in [5, 5.41) is 14.6. The van der Waals surface area contributed by atoms with Gasteiger partial charge in [-0.2, -0.15) is 0 Å². The van der Waals surface area contributed by atoms with E-state index in [1.807, 2.05) is 20.8 Å². The van der Waals surface area contributed by atoms with Gasteiger partial charge in [-0.25, -0.2) is 4.39 Å². The van der Waals surface area contributed by atoms with Gasteiger partial charge in [0, 0.05) is 18.5 Å². The largest absolute Gasteiger partial charge is 0.507 e. The predicted octanol–water partition coefficient (Wildman–Crippen LogP) is 1.57. The Balaban J connectivity index is 2.51. The first-order chi connectivity index (χ1) is 9.20. The highest BCUT2D eigenvalue weighted by Crippen LogP contribution is 2.19. The molecule has 2 amide bonds. The minimum absolute atomic E-state index is 0.0640. The second-order valence-electron chi connectivity index (χ2n) is 5.44. The standard InChI is InChI=1S/C14H19FN2O3/c1-14(2,3)17-11(19)7-8-16-13(20)12-9(15)5-4-6-10(12)18/h4-6,18H,7-8H2,1-3H3,(H,16,20)(H,17,19). The second-order valence-corrected chi connectivity index (χ2v) is 5.44. The summed E-state index contributed by atoms with van der Waals surface area (Å²) in [6.07, 6.45) is 0.0816. The van der Waals surface area contributed by atoms with Crippen LogP contribution in [0.2, 0.25) is 0 Å². The molecule has 0 radical (unpaired) electrons. The molecule has 0 spiro atoms. The molecule has 0 aliphatic heterocycles. The van der Waals surface area contributed by atoms with E-state index in [4.69, 9.17) is 0 Å². The molecule has 1 rings (SSSR count). The minimum atomic E-state index is -0.804. The van der Waals surface area contributed by atoms with E-state index >= 15 is 0 Å². The van der Waals surface area contributed by atoms with Crippen LogP contribution in [0.4, 0.5) is 4.39 Å². The Bertz CT molecular complexity index is 489. The first-order valence-corrected chi connectivity index (χ1v) is 6.27. The Labute approximate surface area is 117 Å². The third-order valence-electron chi connectivity index (χ3n) is 2.37. The van der Waals surface area contributed by atoms with Gasteiger partial charge in [0.25, 0.3) is 5.91 Å². The molecule has 0 aliphatic carbocycles. The van der Waals surface area contributed by atoms with Crippen LogP contribution in [0.3, 0.4) is 0 Å². The number of hydrogen-bond acceptors (Lipinski definition) is 3. The monoisotopic (exact) mass is 282 g/mol. The highest BCUT2D eigenvalue weighted by atomic mass is 19.1. The number of phenolic OH excluding ortho intramolecular Hbond substituents is 1. The molecule has 3 N–H and O–H groups in total. The molecule has 1 aromatic rings. The van der Waals surface area contributed by atoms with Gasteiger partial charge in [-0.15, -0.1) is 0 Å². The molecule has 0 saturated carbocycles. The van der Waals surface area contributed by atoms with Gasteiger partial charge in [-0.1, -0.05) is 6.07 Å². The highest BCUT2D eigenvalue weighted by Gasteiger charge is 2.17. The smallest absolute Gasteiger partial charge is 0.258 e. The van der Waals surface area contributed by atoms with E-state index in [2.05, 4.69) is 10.6 Å². The minimum Gasteiger partial charge on any atom is -0.507 e. The lowest BCUT2D eigenvalue weighted by Crippen LogP contribution is -2.42. The predicted molar refractivity (Wildman–Crippen MR) is 72.9 cm³/mol. The molecule has 0 atom stereocenters. The van der Waals surface area contributed by atoms with Crippen LogP contribution in [0.25, 0.3) is 0 Å². The van der Waals surface area contributed by atoms with Crippen LogP contribution in [0.5, 0.6) is 5.75 Å². The number of amides is 2. The molecule has 20 heavy (non-hydrogen) atoms. The molecule has 0 unspecified atom stereocenters. The number of rotatable bonds is 4. The van der Waals surface area contributed by atoms with Gasteiger partial charge < -0.3 is 15.7 Å². The van der Waals surface area contributed by atoms with Crippen molar-refractivity contribution in [2.24, 2.45) is 0 Å². The summed E-state index contributed by atoms with van der Waals surface area (Å²) in [7, 11) is 0. The average Bonchev–Trinajstić information content (AvgIpc) is 2.26. The molecule has 0 bridgehead atoms. The molecule has 6 heteroatoms. The van der Waals surface area contributed by atoms with Crippen molar-refractivity contribution in [1.82, 2.24) is 10.6 Å². The van der Waals surface area contributed by atoms with Gasteiger partial charge in [-0.05, 0) is 32.9 Å². The van der Waals surface area contributed by atoms with Crippen LogP contribution in [0, 0.1) is 5.82 Å². The van der Waals surface area contributed by atoms with Crippen molar-refractivity contribution in [3.8, 4) is 5.75 Å². The summed E-state index contributed by atoms with van der Waals surface area (Å²) in [6.45, 7) is 5.61. The number of phenols is 1. The molecule has 0 aliphatic rings. The second kappa shape index (κ2) is 6.36. The van der Waals surface area contributed by atoms with Crippen LogP contribution >= 0.6 is 0 Å². The third-order valence-corrected chi connectivity index (χ3v) is 2.37. The van der Waals surface area contributed by atoms with Gasteiger partial charge in [0.15, 0.2) is 0 Å². The lowest BCUT2D eigenvalue weighted by atomic mass is 10.1. The number of carbonyl (C=O) groups excluding carboxylic acids is 2. The zero-order valence-electron chi connectivity index (χ0n) is 11.8. The van der Waals surface area contributed by atoms with Crippen molar-refractivity contribution in [1.29, 1.82) is 0 Å². The van der Waals surface area contributed by atoms with Crippen LogP contribution in [-0.2, 0) is 4.79 Å². The van der Waals surface area contributed by atoms with Crippen LogP contribution in [0.15, 0.2) is 18.2 Å². The van der Waals surface area contributed by atoms with E-state index in [1.54, 1.807) is 0 Å². The lowest BCUT2D eigenvalue weighted by molar-refractivity contribution is -0.122. The molecule has 0 heterocycles. The van der Waals surface area contributed by atoms with Gasteiger partial charge in [0.2, 0.25) is 5.91 Å². The molecule has 1 aromatic carbocycles. The van der Waals surface area contributed by atoms with E-state index in [0.29, 0.717) is 0 Å². The number of aromatic hydroxyl groups is 1. The number of benzene rings is 1. The van der Waals surface area contributed by atoms with Crippen LogP contribution in [0.1, 0.15) is 37.6 Å². The zero-order valence-corrected chi connectivity index (χ0v) is 11.8. The van der Waals surface area contributed by atoms with Crippen molar-refractivity contribution in [3.05, 3.63) is 29.6 Å². The fourth-order valence-electron chi connectivity index (χ4n) is 1.60. The fourth-order valence-corrected chi connectivity index (χ4v) is 1.60. The SMILES string of the molecule is CC(C)(C)NC(=O)CCNC(=O)c1c(O)cccc1F. The fraction of sp³-hybridized carbons (Fsp3) is 0.429. The summed E-state index contributed by atoms with van der Waals surface area (Å²) in [5.74, 6) is -2.19. The summed E-state index contributed by atoms with van der Waals surface area (Å²) in [6, 6.07) is 3.61. The van der Waals surface area contributed by atoms with Gasteiger partial charge in [0.05, 0.1) is 0 Å². The van der Waals surface area contributed by atoms with E-state index in [9.17, 15) is 19.1 Å². The maximum atomic E-state index is 13.4. The first kappa shape index (κ1) is 15.9. The molecule has 5 nitrogen and oxygen atoms in total. The Morgan fingerprint density at radius 1 is 1.30 bits per heavy atom. The molecular weight excluding hydrogens is 263 g/mol. The third kappa shape index (κ3) is 4.87. The summed E-state index contributed by atoms with van der Waals surface area (Å²) < 4.78 is 13.4. The van der Waals surface area contributed by atoms with Crippen molar-refractivity contribution in [2.75, 3.05) is 6.54 Å². The van der Waals surface area contributed by atoms with Crippen molar-refractivity contribution < 1.29 is 19.1 Å². The molecule has 110 valence electrons. The van der Waals surface area contributed by atoms with E-state index < -0.39 is 23.0 Å². The Kier molecular flexibility index (Phi) is 5.07. The lowest BCUT2D eigenvalue weighted by Gasteiger charge is -2.20. The van der Waals surface area contributed by atoms with Crippen LogP contribution < -0.4 is 10.6 Å². The average molecular weight is 282 g/mol. The topological polar surface area (TPSA) is 78.4 Å².